The molecule has 0 saturated carbocycles. The molecule has 0 aliphatic carbocycles. The number of benzene rings is 1. The number of amides is 1. The van der Waals surface area contributed by atoms with Crippen LogP contribution in [0.4, 0.5) is 0 Å². The van der Waals surface area contributed by atoms with Gasteiger partial charge in [-0.3, -0.25) is 9.69 Å². The van der Waals surface area contributed by atoms with E-state index < -0.39 is 23.0 Å². The second-order valence-electron chi connectivity index (χ2n) is 4.82. The lowest BCUT2D eigenvalue weighted by Crippen LogP contribution is -2.73. The number of nitrogens with zero attached hydrogens (tertiary/aromatic N) is 2. The fourth-order valence-corrected chi connectivity index (χ4v) is 3.77. The summed E-state index contributed by atoms with van der Waals surface area (Å²) >= 11 is 1.43. The Labute approximate surface area is 131 Å². The highest BCUT2D eigenvalue weighted by atomic mass is 32.2. The first kappa shape index (κ1) is 14.8. The number of carboxylic acid groups (broad SMARTS) is 1. The van der Waals surface area contributed by atoms with E-state index in [2.05, 4.69) is 4.99 Å². The van der Waals surface area contributed by atoms with Crippen molar-refractivity contribution in [3.63, 3.8) is 0 Å². The molecule has 0 unspecified atom stereocenters. The van der Waals surface area contributed by atoms with Gasteiger partial charge in [-0.05, 0) is 11.6 Å². The van der Waals surface area contributed by atoms with Crippen LogP contribution in [0.2, 0.25) is 0 Å². The van der Waals surface area contributed by atoms with Crippen molar-refractivity contribution in [2.45, 2.75) is 11.1 Å². The summed E-state index contributed by atoms with van der Waals surface area (Å²) in [4.78, 5) is 29.2. The number of ether oxygens (including phenoxy) is 1. The molecule has 6 nitrogen and oxygen atoms in total. The highest BCUT2D eigenvalue weighted by Crippen LogP contribution is 2.46. The molecular formula is C15H14N2O4S. The van der Waals surface area contributed by atoms with Crippen molar-refractivity contribution in [1.82, 2.24) is 4.90 Å². The Morgan fingerprint density at radius 2 is 2.23 bits per heavy atom. The third kappa shape index (κ3) is 2.13. The first-order chi connectivity index (χ1) is 10.6. The van der Waals surface area contributed by atoms with Crippen molar-refractivity contribution in [3.8, 4) is 0 Å². The monoisotopic (exact) mass is 318 g/mol. The molecule has 1 fully saturated rings. The van der Waals surface area contributed by atoms with Gasteiger partial charge in [-0.15, -0.1) is 11.8 Å². The summed E-state index contributed by atoms with van der Waals surface area (Å²) in [6, 6.07) is 9.36. The summed E-state index contributed by atoms with van der Waals surface area (Å²) in [6.45, 7) is 0. The molecule has 1 aromatic carbocycles. The van der Waals surface area contributed by atoms with E-state index in [0.29, 0.717) is 5.75 Å². The van der Waals surface area contributed by atoms with Gasteiger partial charge >= 0.3 is 5.97 Å². The van der Waals surface area contributed by atoms with Crippen molar-refractivity contribution < 1.29 is 19.4 Å². The predicted octanol–water partition coefficient (Wildman–Crippen LogP) is 1.33. The van der Waals surface area contributed by atoms with Gasteiger partial charge < -0.3 is 9.84 Å². The van der Waals surface area contributed by atoms with Crippen LogP contribution in [0.1, 0.15) is 5.56 Å². The van der Waals surface area contributed by atoms with Crippen LogP contribution in [0.25, 0.3) is 0 Å². The predicted molar refractivity (Wildman–Crippen MR) is 82.6 cm³/mol. The molecule has 2 heterocycles. The Morgan fingerprint density at radius 1 is 1.50 bits per heavy atom. The number of rotatable bonds is 4. The van der Waals surface area contributed by atoms with E-state index in [-0.39, 0.29) is 5.70 Å². The maximum atomic E-state index is 12.5. The SMILES string of the molecule is CO[C@@]1(N=Cc2ccccc2)C(=O)N2C(C(=O)O)=CCS[C@H]21. The maximum Gasteiger partial charge on any atom is 0.352 e. The number of methoxy groups -OCH3 is 1. The highest BCUT2D eigenvalue weighted by Gasteiger charge is 2.65. The number of aliphatic imine (C=N–C) groups is 1. The van der Waals surface area contributed by atoms with Gasteiger partial charge in [0.1, 0.15) is 11.1 Å². The fraction of sp³-hybridized carbons (Fsp3) is 0.267. The molecule has 2 atom stereocenters. The van der Waals surface area contributed by atoms with Crippen LogP contribution in [-0.4, -0.2) is 52.1 Å². The maximum absolute atomic E-state index is 12.5. The molecule has 22 heavy (non-hydrogen) atoms. The first-order valence-corrected chi connectivity index (χ1v) is 7.69. The van der Waals surface area contributed by atoms with E-state index in [1.807, 2.05) is 30.3 Å². The van der Waals surface area contributed by atoms with Crippen LogP contribution < -0.4 is 0 Å². The largest absolute Gasteiger partial charge is 0.477 e. The average molecular weight is 318 g/mol. The number of hydrogen-bond acceptors (Lipinski definition) is 5. The number of fused-ring (bicyclic) bond motifs is 1. The lowest BCUT2D eigenvalue weighted by Gasteiger charge is -2.52. The summed E-state index contributed by atoms with van der Waals surface area (Å²) in [5, 5.41) is 8.72. The third-order valence-corrected chi connectivity index (χ3v) is 4.83. The fourth-order valence-electron chi connectivity index (χ4n) is 2.49. The molecule has 0 spiro atoms. The Balaban J connectivity index is 1.90. The zero-order valence-electron chi connectivity index (χ0n) is 11.8. The Kier molecular flexibility index (Phi) is 3.76. The minimum atomic E-state index is -1.35. The lowest BCUT2D eigenvalue weighted by molar-refractivity contribution is -0.182. The van der Waals surface area contributed by atoms with Crippen molar-refractivity contribution in [1.29, 1.82) is 0 Å². The molecular weight excluding hydrogens is 304 g/mol. The van der Waals surface area contributed by atoms with E-state index in [0.717, 1.165) is 5.56 Å². The van der Waals surface area contributed by atoms with Crippen molar-refractivity contribution >= 4 is 29.9 Å². The normalized spacial score (nSPS) is 27.3. The van der Waals surface area contributed by atoms with Crippen LogP contribution in [0.3, 0.4) is 0 Å². The molecule has 0 bridgehead atoms. The molecule has 2 aliphatic rings. The standard InChI is InChI=1S/C15H14N2O4S/c1-21-15(16-9-10-5-3-2-4-6-10)13(20)17-11(12(18)19)7-8-22-14(15)17/h2-7,9,14H,8H2,1H3,(H,18,19)/t14-,15-/m0/s1. The Hall–Kier alpha value is -2.12. The van der Waals surface area contributed by atoms with Gasteiger partial charge in [0.2, 0.25) is 0 Å². The number of aliphatic carboxylic acids is 1. The van der Waals surface area contributed by atoms with E-state index in [4.69, 9.17) is 4.74 Å². The molecule has 0 radical (unpaired) electrons. The molecule has 2 aliphatic heterocycles. The summed E-state index contributed by atoms with van der Waals surface area (Å²) in [5.74, 6) is -1.06. The summed E-state index contributed by atoms with van der Waals surface area (Å²) in [6.07, 6.45) is 3.11. The molecule has 114 valence electrons. The first-order valence-electron chi connectivity index (χ1n) is 6.64. The van der Waals surface area contributed by atoms with Gasteiger partial charge in [-0.25, -0.2) is 9.79 Å². The summed E-state index contributed by atoms with van der Waals surface area (Å²) in [7, 11) is 1.41. The highest BCUT2D eigenvalue weighted by molar-refractivity contribution is 8.00. The molecule has 1 saturated heterocycles. The van der Waals surface area contributed by atoms with E-state index in [9.17, 15) is 14.7 Å². The van der Waals surface area contributed by atoms with Gasteiger partial charge in [0.25, 0.3) is 11.6 Å². The van der Waals surface area contributed by atoms with Crippen molar-refractivity contribution in [3.05, 3.63) is 47.7 Å². The van der Waals surface area contributed by atoms with Gasteiger partial charge in [0.05, 0.1) is 0 Å². The molecule has 1 aromatic rings. The Morgan fingerprint density at radius 3 is 2.86 bits per heavy atom. The molecule has 0 aromatic heterocycles. The van der Waals surface area contributed by atoms with Crippen LogP contribution >= 0.6 is 11.8 Å². The van der Waals surface area contributed by atoms with Gasteiger partial charge in [-0.2, -0.15) is 0 Å². The minimum absolute atomic E-state index is 0.00339. The van der Waals surface area contributed by atoms with Crippen molar-refractivity contribution in [2.24, 2.45) is 4.99 Å². The zero-order valence-corrected chi connectivity index (χ0v) is 12.6. The van der Waals surface area contributed by atoms with Gasteiger partial charge in [0.15, 0.2) is 0 Å². The second kappa shape index (κ2) is 5.58. The van der Waals surface area contributed by atoms with E-state index >= 15 is 0 Å². The van der Waals surface area contributed by atoms with E-state index in [1.165, 1.54) is 29.8 Å². The van der Waals surface area contributed by atoms with Gasteiger partial charge in [-0.1, -0.05) is 30.3 Å². The molecule has 1 amide bonds. The lowest BCUT2D eigenvalue weighted by atomic mass is 10.0. The number of carbonyl (C=O) groups excluding carboxylic acids is 1. The van der Waals surface area contributed by atoms with Crippen molar-refractivity contribution in [2.75, 3.05) is 12.9 Å². The van der Waals surface area contributed by atoms with Crippen LogP contribution in [0, 0.1) is 0 Å². The minimum Gasteiger partial charge on any atom is -0.477 e. The number of carbonyl (C=O) groups is 2. The van der Waals surface area contributed by atoms with Crippen LogP contribution in [0.5, 0.6) is 0 Å². The summed E-state index contributed by atoms with van der Waals surface area (Å²) in [5.41, 5.74) is -0.508. The Bertz CT molecular complexity index is 673. The smallest absolute Gasteiger partial charge is 0.352 e. The molecule has 3 rings (SSSR count). The van der Waals surface area contributed by atoms with Crippen LogP contribution in [-0.2, 0) is 14.3 Å². The molecule has 7 heteroatoms. The second-order valence-corrected chi connectivity index (χ2v) is 5.94. The average Bonchev–Trinajstić information content (AvgIpc) is 2.55. The summed E-state index contributed by atoms with van der Waals surface area (Å²) < 4.78 is 5.38. The number of β-lactam (4-membered cyclic amide) rings is 1. The van der Waals surface area contributed by atoms with Gasteiger partial charge in [0, 0.05) is 19.1 Å². The molecule has 1 N–H and O–H groups in total. The quantitative estimate of drug-likeness (QED) is 0.669. The third-order valence-electron chi connectivity index (χ3n) is 3.62. The number of thioether (sulfide) groups is 1. The van der Waals surface area contributed by atoms with Crippen LogP contribution in [0.15, 0.2) is 47.1 Å². The number of hydrogen-bond donors (Lipinski definition) is 1. The zero-order chi connectivity index (χ0) is 15.7. The number of carboxylic acids is 1. The topological polar surface area (TPSA) is 79.2 Å². The van der Waals surface area contributed by atoms with E-state index in [1.54, 1.807) is 6.21 Å².